The third kappa shape index (κ3) is 5.48. The standard InChI is InChI=1S/C18H19NO4/c1-21-13-23-16-9-6-14(7-10-16)8-11-18(20)19-15-4-3-5-17(12-15)22-2/h3-12H,13H2,1-2H3,(H,19,20)/b11-8+. The molecule has 0 radical (unpaired) electrons. The molecule has 0 aliphatic carbocycles. The van der Waals surface area contributed by atoms with Crippen LogP contribution in [0.15, 0.2) is 54.6 Å². The lowest BCUT2D eigenvalue weighted by molar-refractivity contribution is -0.111. The molecular formula is C18H19NO4. The van der Waals surface area contributed by atoms with E-state index in [1.165, 1.54) is 6.08 Å². The molecule has 0 fully saturated rings. The average molecular weight is 313 g/mol. The zero-order valence-corrected chi connectivity index (χ0v) is 13.1. The van der Waals surface area contributed by atoms with Crippen LogP contribution in [-0.4, -0.2) is 26.9 Å². The van der Waals surface area contributed by atoms with Crippen molar-refractivity contribution in [2.75, 3.05) is 26.3 Å². The molecule has 23 heavy (non-hydrogen) atoms. The van der Waals surface area contributed by atoms with Crippen LogP contribution in [0.25, 0.3) is 6.08 Å². The molecule has 1 amide bonds. The predicted molar refractivity (Wildman–Crippen MR) is 89.6 cm³/mol. The maximum absolute atomic E-state index is 11.9. The number of ether oxygens (including phenoxy) is 3. The molecule has 5 nitrogen and oxygen atoms in total. The van der Waals surface area contributed by atoms with Crippen LogP contribution in [0, 0.1) is 0 Å². The van der Waals surface area contributed by atoms with Crippen molar-refractivity contribution in [2.24, 2.45) is 0 Å². The molecule has 1 N–H and O–H groups in total. The Morgan fingerprint density at radius 2 is 1.87 bits per heavy atom. The van der Waals surface area contributed by atoms with E-state index in [1.54, 1.807) is 32.4 Å². The largest absolute Gasteiger partial charge is 0.497 e. The molecule has 120 valence electrons. The van der Waals surface area contributed by atoms with Gasteiger partial charge in [0.05, 0.1) is 7.11 Å². The number of amides is 1. The lowest BCUT2D eigenvalue weighted by Gasteiger charge is -2.05. The summed E-state index contributed by atoms with van der Waals surface area (Å²) in [6.07, 6.45) is 3.21. The van der Waals surface area contributed by atoms with Gasteiger partial charge in [-0.3, -0.25) is 4.79 Å². The van der Waals surface area contributed by atoms with Crippen molar-refractivity contribution in [3.05, 3.63) is 60.2 Å². The highest BCUT2D eigenvalue weighted by atomic mass is 16.7. The summed E-state index contributed by atoms with van der Waals surface area (Å²) in [6, 6.07) is 14.6. The molecule has 0 atom stereocenters. The Morgan fingerprint density at radius 1 is 1.09 bits per heavy atom. The molecule has 0 spiro atoms. The van der Waals surface area contributed by atoms with Crippen LogP contribution >= 0.6 is 0 Å². The van der Waals surface area contributed by atoms with Gasteiger partial charge in [0.25, 0.3) is 0 Å². The Balaban J connectivity index is 1.92. The molecule has 0 aliphatic rings. The van der Waals surface area contributed by atoms with Crippen molar-refractivity contribution in [3.63, 3.8) is 0 Å². The molecule has 5 heteroatoms. The van der Waals surface area contributed by atoms with Crippen molar-refractivity contribution in [2.45, 2.75) is 0 Å². The molecule has 0 aromatic heterocycles. The molecule has 0 unspecified atom stereocenters. The van der Waals surface area contributed by atoms with Gasteiger partial charge in [-0.1, -0.05) is 18.2 Å². The van der Waals surface area contributed by atoms with E-state index in [0.717, 1.165) is 5.56 Å². The van der Waals surface area contributed by atoms with Gasteiger partial charge in [-0.15, -0.1) is 0 Å². The second kappa shape index (κ2) is 8.60. The quantitative estimate of drug-likeness (QED) is 0.629. The van der Waals surface area contributed by atoms with Crippen LogP contribution in [0.2, 0.25) is 0 Å². The molecule has 0 saturated heterocycles. The first-order valence-electron chi connectivity index (χ1n) is 7.06. The van der Waals surface area contributed by atoms with Crippen molar-refractivity contribution in [3.8, 4) is 11.5 Å². The lowest BCUT2D eigenvalue weighted by Crippen LogP contribution is -2.07. The van der Waals surface area contributed by atoms with Crippen LogP contribution in [0.5, 0.6) is 11.5 Å². The van der Waals surface area contributed by atoms with Gasteiger partial charge in [0.2, 0.25) is 5.91 Å². The summed E-state index contributed by atoms with van der Waals surface area (Å²) >= 11 is 0. The van der Waals surface area contributed by atoms with Crippen LogP contribution in [-0.2, 0) is 9.53 Å². The van der Waals surface area contributed by atoms with E-state index in [0.29, 0.717) is 17.2 Å². The van der Waals surface area contributed by atoms with E-state index in [2.05, 4.69) is 5.32 Å². The molecule has 0 bridgehead atoms. The van der Waals surface area contributed by atoms with Gasteiger partial charge in [-0.2, -0.15) is 0 Å². The fourth-order valence-corrected chi connectivity index (χ4v) is 1.86. The summed E-state index contributed by atoms with van der Waals surface area (Å²) in [7, 11) is 3.15. The van der Waals surface area contributed by atoms with Gasteiger partial charge < -0.3 is 19.5 Å². The normalized spacial score (nSPS) is 10.5. The third-order valence-corrected chi connectivity index (χ3v) is 2.99. The van der Waals surface area contributed by atoms with E-state index >= 15 is 0 Å². The lowest BCUT2D eigenvalue weighted by atomic mass is 10.2. The minimum absolute atomic E-state index is 0.206. The second-order valence-electron chi connectivity index (χ2n) is 4.67. The number of rotatable bonds is 7. The Bertz CT molecular complexity index is 665. The first-order valence-corrected chi connectivity index (χ1v) is 7.06. The second-order valence-corrected chi connectivity index (χ2v) is 4.67. The number of anilines is 1. The molecule has 0 saturated carbocycles. The number of carbonyl (C=O) groups excluding carboxylic acids is 1. The van der Waals surface area contributed by atoms with Crippen molar-refractivity contribution in [1.82, 2.24) is 0 Å². The van der Waals surface area contributed by atoms with E-state index in [9.17, 15) is 4.79 Å². The number of nitrogens with one attached hydrogen (secondary N) is 1. The number of benzene rings is 2. The van der Waals surface area contributed by atoms with Gasteiger partial charge in [-0.05, 0) is 35.9 Å². The topological polar surface area (TPSA) is 56.8 Å². The SMILES string of the molecule is COCOc1ccc(/C=C/C(=O)Nc2cccc(OC)c2)cc1. The van der Waals surface area contributed by atoms with E-state index < -0.39 is 0 Å². The molecule has 2 rings (SSSR count). The maximum atomic E-state index is 11.9. The summed E-state index contributed by atoms with van der Waals surface area (Å²) < 4.78 is 15.2. The highest BCUT2D eigenvalue weighted by Gasteiger charge is 2.00. The highest BCUT2D eigenvalue weighted by molar-refractivity contribution is 6.02. The summed E-state index contributed by atoms with van der Waals surface area (Å²) in [5, 5.41) is 2.78. The van der Waals surface area contributed by atoms with Crippen LogP contribution in [0.3, 0.4) is 0 Å². The Kier molecular flexibility index (Phi) is 6.20. The van der Waals surface area contributed by atoms with Crippen molar-refractivity contribution < 1.29 is 19.0 Å². The predicted octanol–water partition coefficient (Wildman–Crippen LogP) is 3.33. The van der Waals surface area contributed by atoms with Gasteiger partial charge >= 0.3 is 0 Å². The zero-order chi connectivity index (χ0) is 16.5. The average Bonchev–Trinajstić information content (AvgIpc) is 2.59. The molecular weight excluding hydrogens is 294 g/mol. The van der Waals surface area contributed by atoms with E-state index in [-0.39, 0.29) is 12.7 Å². The van der Waals surface area contributed by atoms with Crippen LogP contribution in [0.4, 0.5) is 5.69 Å². The number of methoxy groups -OCH3 is 2. The minimum atomic E-state index is -0.210. The summed E-state index contributed by atoms with van der Waals surface area (Å²) in [6.45, 7) is 0.206. The number of hydrogen-bond donors (Lipinski definition) is 1. The zero-order valence-electron chi connectivity index (χ0n) is 13.1. The first kappa shape index (κ1) is 16.6. The third-order valence-electron chi connectivity index (χ3n) is 2.99. The monoisotopic (exact) mass is 313 g/mol. The van der Waals surface area contributed by atoms with E-state index in [4.69, 9.17) is 14.2 Å². The Labute approximate surface area is 135 Å². The Hall–Kier alpha value is -2.79. The minimum Gasteiger partial charge on any atom is -0.497 e. The highest BCUT2D eigenvalue weighted by Crippen LogP contribution is 2.17. The summed E-state index contributed by atoms with van der Waals surface area (Å²) in [5.41, 5.74) is 1.58. The van der Waals surface area contributed by atoms with Crippen molar-refractivity contribution in [1.29, 1.82) is 0 Å². The smallest absolute Gasteiger partial charge is 0.248 e. The van der Waals surface area contributed by atoms with E-state index in [1.807, 2.05) is 36.4 Å². The van der Waals surface area contributed by atoms with Crippen molar-refractivity contribution >= 4 is 17.7 Å². The number of carbonyl (C=O) groups is 1. The fourth-order valence-electron chi connectivity index (χ4n) is 1.86. The van der Waals surface area contributed by atoms with Gasteiger partial charge in [0, 0.05) is 24.9 Å². The molecule has 0 heterocycles. The van der Waals surface area contributed by atoms with Crippen LogP contribution in [0.1, 0.15) is 5.56 Å². The fraction of sp³-hybridized carbons (Fsp3) is 0.167. The first-order chi connectivity index (χ1) is 11.2. The van der Waals surface area contributed by atoms with Gasteiger partial charge in [-0.25, -0.2) is 0 Å². The Morgan fingerprint density at radius 3 is 2.57 bits per heavy atom. The summed E-state index contributed by atoms with van der Waals surface area (Å²) in [4.78, 5) is 11.9. The molecule has 2 aromatic carbocycles. The molecule has 0 aliphatic heterocycles. The molecule has 2 aromatic rings. The summed E-state index contributed by atoms with van der Waals surface area (Å²) in [5.74, 6) is 1.20. The number of hydrogen-bond acceptors (Lipinski definition) is 4. The maximum Gasteiger partial charge on any atom is 0.248 e. The van der Waals surface area contributed by atoms with Gasteiger partial charge in [0.1, 0.15) is 11.5 Å². The van der Waals surface area contributed by atoms with Crippen LogP contribution < -0.4 is 14.8 Å². The van der Waals surface area contributed by atoms with Gasteiger partial charge in [0.15, 0.2) is 6.79 Å².